The molecule has 7 heteroatoms. The van der Waals surface area contributed by atoms with Crippen molar-refractivity contribution in [3.8, 4) is 5.75 Å². The molecule has 0 spiro atoms. The van der Waals surface area contributed by atoms with E-state index in [1.54, 1.807) is 32.0 Å². The van der Waals surface area contributed by atoms with Crippen LogP contribution in [0.1, 0.15) is 57.3 Å². The normalized spacial score (nSPS) is 12.2. The molecule has 0 atom stereocenters. The molecule has 1 aromatic rings. The first-order chi connectivity index (χ1) is 12.6. The number of nitrogens with zero attached hydrogens (tertiary/aromatic N) is 1. The zero-order chi connectivity index (χ0) is 20.6. The van der Waals surface area contributed by atoms with Crippen LogP contribution in [0.4, 0.5) is 5.69 Å². The van der Waals surface area contributed by atoms with E-state index in [4.69, 9.17) is 16.2 Å². The van der Waals surface area contributed by atoms with Crippen molar-refractivity contribution >= 4 is 23.1 Å². The lowest BCUT2D eigenvalue weighted by Crippen LogP contribution is -2.41. The number of anilines is 1. The smallest absolute Gasteiger partial charge is 0.269 e. The summed E-state index contributed by atoms with van der Waals surface area (Å²) in [6.45, 7) is 7.68. The molecular formula is C20H32N4O3. The van der Waals surface area contributed by atoms with Crippen molar-refractivity contribution in [1.82, 2.24) is 0 Å². The number of nitrogens with two attached hydrogens (primary N) is 2. The monoisotopic (exact) mass is 376 g/mol. The van der Waals surface area contributed by atoms with E-state index in [9.17, 15) is 9.59 Å². The largest absolute Gasteiger partial charge is 0.496 e. The maximum Gasteiger partial charge on any atom is 0.269 e. The molecule has 0 unspecified atom stereocenters. The Bertz CT molecular complexity index is 691. The average molecular weight is 377 g/mol. The molecular weight excluding hydrogens is 344 g/mol. The molecule has 7 nitrogen and oxygen atoms in total. The van der Waals surface area contributed by atoms with Gasteiger partial charge in [-0.2, -0.15) is 0 Å². The van der Waals surface area contributed by atoms with Crippen LogP contribution in [0, 0.1) is 0 Å². The number of hydrogen-bond donors (Lipinski definition) is 3. The summed E-state index contributed by atoms with van der Waals surface area (Å²) in [5.41, 5.74) is 11.7. The summed E-state index contributed by atoms with van der Waals surface area (Å²) in [5, 5.41) is 2.82. The van der Waals surface area contributed by atoms with Gasteiger partial charge in [0.15, 0.2) is 5.78 Å². The molecule has 150 valence electrons. The SMILES string of the molecule is COc1ccc(NC(=O)C(CCCCN)=NC(C)C)cc1C(=O)C(C)(C)N. The number of unbranched alkanes of at least 4 members (excludes halogenated alkanes) is 1. The van der Waals surface area contributed by atoms with Gasteiger partial charge in [-0.3, -0.25) is 14.6 Å². The zero-order valence-corrected chi connectivity index (χ0v) is 17.0. The van der Waals surface area contributed by atoms with E-state index in [0.29, 0.717) is 35.7 Å². The van der Waals surface area contributed by atoms with Gasteiger partial charge in [0.25, 0.3) is 5.91 Å². The Labute approximate surface area is 161 Å². The van der Waals surface area contributed by atoms with Gasteiger partial charge in [-0.05, 0) is 71.7 Å². The van der Waals surface area contributed by atoms with Gasteiger partial charge in [0.05, 0.1) is 18.2 Å². The summed E-state index contributed by atoms with van der Waals surface area (Å²) < 4.78 is 5.26. The first-order valence-corrected chi connectivity index (χ1v) is 9.20. The van der Waals surface area contributed by atoms with Crippen molar-refractivity contribution in [2.24, 2.45) is 16.5 Å². The summed E-state index contributed by atoms with van der Waals surface area (Å²) >= 11 is 0. The van der Waals surface area contributed by atoms with Gasteiger partial charge in [-0.1, -0.05) is 0 Å². The van der Waals surface area contributed by atoms with Crippen molar-refractivity contribution in [3.05, 3.63) is 23.8 Å². The number of rotatable bonds is 10. The number of carbonyl (C=O) groups excluding carboxylic acids is 2. The lowest BCUT2D eigenvalue weighted by Gasteiger charge is -2.19. The van der Waals surface area contributed by atoms with Crippen molar-refractivity contribution in [2.75, 3.05) is 19.0 Å². The predicted octanol–water partition coefficient (Wildman–Crippen LogP) is 2.53. The summed E-state index contributed by atoms with van der Waals surface area (Å²) in [6, 6.07) is 4.92. The minimum atomic E-state index is -1.05. The summed E-state index contributed by atoms with van der Waals surface area (Å²) in [7, 11) is 1.48. The second kappa shape index (κ2) is 10.2. The highest BCUT2D eigenvalue weighted by Gasteiger charge is 2.27. The quantitative estimate of drug-likeness (QED) is 0.329. The van der Waals surface area contributed by atoms with Crippen LogP contribution in [0.2, 0.25) is 0 Å². The van der Waals surface area contributed by atoms with E-state index >= 15 is 0 Å². The van der Waals surface area contributed by atoms with Crippen LogP contribution in [-0.4, -0.2) is 42.6 Å². The first kappa shape index (κ1) is 22.8. The highest BCUT2D eigenvalue weighted by Crippen LogP contribution is 2.26. The van der Waals surface area contributed by atoms with Crippen molar-refractivity contribution < 1.29 is 14.3 Å². The lowest BCUT2D eigenvalue weighted by atomic mass is 9.93. The van der Waals surface area contributed by atoms with Gasteiger partial charge < -0.3 is 21.5 Å². The number of aliphatic imine (C=N–C) groups is 1. The Hall–Kier alpha value is -2.25. The Balaban J connectivity index is 3.08. The molecule has 1 aromatic carbocycles. The third-order valence-corrected chi connectivity index (χ3v) is 3.83. The molecule has 0 saturated heterocycles. The maximum atomic E-state index is 12.7. The number of methoxy groups -OCH3 is 1. The highest BCUT2D eigenvalue weighted by atomic mass is 16.5. The third kappa shape index (κ3) is 7.11. The first-order valence-electron chi connectivity index (χ1n) is 9.20. The van der Waals surface area contributed by atoms with Crippen LogP contribution in [0.5, 0.6) is 5.75 Å². The number of ketones is 1. The van der Waals surface area contributed by atoms with Crippen molar-refractivity contribution in [3.63, 3.8) is 0 Å². The van der Waals surface area contributed by atoms with Crippen LogP contribution in [-0.2, 0) is 4.79 Å². The number of nitrogens with one attached hydrogen (secondary N) is 1. The fourth-order valence-corrected chi connectivity index (χ4v) is 2.50. The van der Waals surface area contributed by atoms with E-state index in [2.05, 4.69) is 10.3 Å². The minimum Gasteiger partial charge on any atom is -0.496 e. The third-order valence-electron chi connectivity index (χ3n) is 3.83. The number of benzene rings is 1. The van der Waals surface area contributed by atoms with Crippen LogP contribution in [0.25, 0.3) is 0 Å². The average Bonchev–Trinajstić information content (AvgIpc) is 2.59. The number of amides is 1. The van der Waals surface area contributed by atoms with Gasteiger partial charge in [0.1, 0.15) is 11.5 Å². The Kier molecular flexibility index (Phi) is 8.59. The molecule has 0 aliphatic heterocycles. The van der Waals surface area contributed by atoms with E-state index < -0.39 is 5.54 Å². The second-order valence-electron chi connectivity index (χ2n) is 7.34. The van der Waals surface area contributed by atoms with Gasteiger partial charge in [0, 0.05) is 11.7 Å². The Morgan fingerprint density at radius 2 is 1.93 bits per heavy atom. The molecule has 0 saturated carbocycles. The molecule has 0 aliphatic rings. The van der Waals surface area contributed by atoms with Crippen LogP contribution in [0.3, 0.4) is 0 Å². The Morgan fingerprint density at radius 3 is 2.44 bits per heavy atom. The maximum absolute atomic E-state index is 12.7. The topological polar surface area (TPSA) is 120 Å². The van der Waals surface area contributed by atoms with Gasteiger partial charge >= 0.3 is 0 Å². The Morgan fingerprint density at radius 1 is 1.26 bits per heavy atom. The van der Waals surface area contributed by atoms with Crippen LogP contribution >= 0.6 is 0 Å². The molecule has 27 heavy (non-hydrogen) atoms. The van der Waals surface area contributed by atoms with Crippen LogP contribution in [0.15, 0.2) is 23.2 Å². The molecule has 0 bridgehead atoms. The van der Waals surface area contributed by atoms with E-state index in [-0.39, 0.29) is 17.7 Å². The number of carbonyl (C=O) groups is 2. The molecule has 5 N–H and O–H groups in total. The molecule has 0 radical (unpaired) electrons. The van der Waals surface area contributed by atoms with Gasteiger partial charge in [0.2, 0.25) is 0 Å². The minimum absolute atomic E-state index is 0.00896. The molecule has 1 amide bonds. The molecule has 0 aliphatic carbocycles. The molecule has 0 fully saturated rings. The fraction of sp³-hybridized carbons (Fsp3) is 0.550. The molecule has 0 aromatic heterocycles. The second-order valence-corrected chi connectivity index (χ2v) is 7.34. The summed E-state index contributed by atoms with van der Waals surface area (Å²) in [6.07, 6.45) is 2.18. The standard InChI is InChI=1S/C20H32N4O3/c1-13(2)23-16(8-6-7-11-21)19(26)24-14-9-10-17(27-5)15(12-14)18(25)20(3,4)22/h9-10,12-13H,6-8,11,21-22H2,1-5H3,(H,24,26). The van der Waals surface area contributed by atoms with E-state index in [1.807, 2.05) is 13.8 Å². The number of Topliss-reactive ketones (excluding diaryl/α,β-unsaturated/α-hetero) is 1. The summed E-state index contributed by atoms with van der Waals surface area (Å²) in [4.78, 5) is 29.7. The van der Waals surface area contributed by atoms with Crippen LogP contribution < -0.4 is 21.5 Å². The van der Waals surface area contributed by atoms with Crippen molar-refractivity contribution in [1.29, 1.82) is 0 Å². The number of ether oxygens (including phenoxy) is 1. The highest BCUT2D eigenvalue weighted by molar-refractivity contribution is 6.43. The lowest BCUT2D eigenvalue weighted by molar-refractivity contribution is -0.110. The fourth-order valence-electron chi connectivity index (χ4n) is 2.50. The predicted molar refractivity (Wildman–Crippen MR) is 110 cm³/mol. The van der Waals surface area contributed by atoms with Gasteiger partial charge in [-0.15, -0.1) is 0 Å². The molecule has 1 rings (SSSR count). The van der Waals surface area contributed by atoms with E-state index in [0.717, 1.165) is 12.8 Å². The summed E-state index contributed by atoms with van der Waals surface area (Å²) in [5.74, 6) is -0.138. The molecule has 0 heterocycles. The number of hydrogen-bond acceptors (Lipinski definition) is 6. The van der Waals surface area contributed by atoms with E-state index in [1.165, 1.54) is 7.11 Å². The van der Waals surface area contributed by atoms with Gasteiger partial charge in [-0.25, -0.2) is 0 Å². The van der Waals surface area contributed by atoms with Crippen molar-refractivity contribution in [2.45, 2.75) is 58.5 Å². The zero-order valence-electron chi connectivity index (χ0n) is 17.0.